The maximum Gasteiger partial charge on any atom is 0.183 e. The Morgan fingerprint density at radius 1 is 1.26 bits per heavy atom. The third kappa shape index (κ3) is 1.51. The number of nitrogens with zero attached hydrogens (tertiary/aromatic N) is 2. The second-order valence-electron chi connectivity index (χ2n) is 5.31. The predicted molar refractivity (Wildman–Crippen MR) is 71.8 cm³/mol. The second kappa shape index (κ2) is 3.68. The van der Waals surface area contributed by atoms with Crippen LogP contribution in [0.1, 0.15) is 12.7 Å². The van der Waals surface area contributed by atoms with Crippen molar-refractivity contribution in [1.29, 1.82) is 0 Å². The van der Waals surface area contributed by atoms with Crippen LogP contribution in [-0.4, -0.2) is 33.4 Å². The van der Waals surface area contributed by atoms with E-state index < -0.39 is 0 Å². The first-order chi connectivity index (χ1) is 9.26. The molecule has 1 fully saturated rings. The smallest absolute Gasteiger partial charge is 0.183 e. The van der Waals surface area contributed by atoms with Gasteiger partial charge in [-0.2, -0.15) is 5.10 Å². The Morgan fingerprint density at radius 3 is 2.89 bits per heavy atom. The number of aromatic amines is 2. The average Bonchev–Trinajstić information content (AvgIpc) is 3.02. The molecule has 0 unspecified atom stereocenters. The molecule has 0 aliphatic carbocycles. The average molecular weight is 254 g/mol. The fourth-order valence-corrected chi connectivity index (χ4v) is 2.45. The zero-order valence-electron chi connectivity index (χ0n) is 10.6. The summed E-state index contributed by atoms with van der Waals surface area (Å²) in [5, 5.41) is 8.53. The molecule has 3 heterocycles. The highest BCUT2D eigenvalue weighted by Gasteiger charge is 2.38. The molecule has 0 bridgehead atoms. The summed E-state index contributed by atoms with van der Waals surface area (Å²) in [7, 11) is 0. The van der Waals surface area contributed by atoms with Gasteiger partial charge in [-0.05, 0) is 13.0 Å². The van der Waals surface area contributed by atoms with E-state index >= 15 is 0 Å². The lowest BCUT2D eigenvalue weighted by Gasteiger charge is -2.35. The van der Waals surface area contributed by atoms with E-state index in [9.17, 15) is 0 Å². The van der Waals surface area contributed by atoms with Gasteiger partial charge in [-0.3, -0.25) is 5.10 Å². The number of nitrogens with one attached hydrogen (secondary N) is 2. The number of ether oxygens (including phenoxy) is 1. The number of para-hydroxylation sites is 1. The fourth-order valence-electron chi connectivity index (χ4n) is 2.45. The van der Waals surface area contributed by atoms with Crippen LogP contribution < -0.4 is 0 Å². The van der Waals surface area contributed by atoms with Gasteiger partial charge in [-0.1, -0.05) is 18.2 Å². The first kappa shape index (κ1) is 10.8. The van der Waals surface area contributed by atoms with Crippen molar-refractivity contribution in [2.24, 2.45) is 0 Å². The van der Waals surface area contributed by atoms with Gasteiger partial charge in [-0.25, -0.2) is 4.98 Å². The molecular formula is C14H14N4O. The van der Waals surface area contributed by atoms with Crippen LogP contribution in [0.4, 0.5) is 0 Å². The van der Waals surface area contributed by atoms with Gasteiger partial charge < -0.3 is 9.72 Å². The van der Waals surface area contributed by atoms with Crippen LogP contribution >= 0.6 is 0 Å². The Morgan fingerprint density at radius 2 is 2.11 bits per heavy atom. The molecular weight excluding hydrogens is 240 g/mol. The Kier molecular flexibility index (Phi) is 2.08. The van der Waals surface area contributed by atoms with Gasteiger partial charge in [0.2, 0.25) is 0 Å². The summed E-state index contributed by atoms with van der Waals surface area (Å²) in [6.07, 6.45) is 1.96. The van der Waals surface area contributed by atoms with Crippen molar-refractivity contribution in [1.82, 2.24) is 20.2 Å². The molecule has 1 saturated heterocycles. The van der Waals surface area contributed by atoms with Gasteiger partial charge in [0.15, 0.2) is 5.82 Å². The third-order valence-corrected chi connectivity index (χ3v) is 3.73. The maximum absolute atomic E-state index is 5.27. The summed E-state index contributed by atoms with van der Waals surface area (Å²) >= 11 is 0. The summed E-state index contributed by atoms with van der Waals surface area (Å²) in [6, 6.07) is 8.16. The van der Waals surface area contributed by atoms with Gasteiger partial charge in [0.25, 0.3) is 0 Å². The molecule has 0 amide bonds. The number of rotatable bonds is 2. The first-order valence-corrected chi connectivity index (χ1v) is 6.33. The number of benzene rings is 1. The van der Waals surface area contributed by atoms with Crippen molar-refractivity contribution < 1.29 is 4.74 Å². The molecule has 0 atom stereocenters. The van der Waals surface area contributed by atoms with E-state index in [0.717, 1.165) is 28.1 Å². The molecule has 0 spiro atoms. The minimum atomic E-state index is -0.0165. The molecule has 19 heavy (non-hydrogen) atoms. The molecule has 1 aliphatic heterocycles. The summed E-state index contributed by atoms with van der Waals surface area (Å²) in [6.45, 7) is 3.54. The van der Waals surface area contributed by atoms with Crippen molar-refractivity contribution >= 4 is 10.9 Å². The minimum Gasteiger partial charge on any atom is -0.379 e. The fraction of sp³-hybridized carbons (Fsp3) is 0.286. The van der Waals surface area contributed by atoms with Gasteiger partial charge in [0.1, 0.15) is 5.82 Å². The quantitative estimate of drug-likeness (QED) is 0.737. The predicted octanol–water partition coefficient (Wildman–Crippen LogP) is 2.24. The van der Waals surface area contributed by atoms with Crippen LogP contribution in [0.2, 0.25) is 0 Å². The number of hydrogen-bond donors (Lipinski definition) is 2. The highest BCUT2D eigenvalue weighted by Crippen LogP contribution is 2.31. The van der Waals surface area contributed by atoms with Gasteiger partial charge in [0.05, 0.1) is 18.6 Å². The van der Waals surface area contributed by atoms with Crippen molar-refractivity contribution in [3.8, 4) is 11.4 Å². The lowest BCUT2D eigenvalue weighted by atomic mass is 9.88. The van der Waals surface area contributed by atoms with Crippen LogP contribution in [-0.2, 0) is 10.2 Å². The van der Waals surface area contributed by atoms with E-state index in [2.05, 4.69) is 33.2 Å². The summed E-state index contributed by atoms with van der Waals surface area (Å²) in [4.78, 5) is 7.87. The summed E-state index contributed by atoms with van der Waals surface area (Å²) in [5.74, 6) is 1.64. The van der Waals surface area contributed by atoms with E-state index in [1.54, 1.807) is 0 Å². The van der Waals surface area contributed by atoms with Gasteiger partial charge in [-0.15, -0.1) is 0 Å². The topological polar surface area (TPSA) is 66.6 Å². The van der Waals surface area contributed by atoms with E-state index in [-0.39, 0.29) is 5.41 Å². The van der Waals surface area contributed by atoms with E-state index in [1.807, 2.05) is 24.4 Å². The highest BCUT2D eigenvalue weighted by atomic mass is 16.5. The first-order valence-electron chi connectivity index (χ1n) is 6.33. The lowest BCUT2D eigenvalue weighted by molar-refractivity contribution is -0.0541. The van der Waals surface area contributed by atoms with Crippen molar-refractivity contribution in [2.75, 3.05) is 13.2 Å². The largest absolute Gasteiger partial charge is 0.379 e. The Hall–Kier alpha value is -2.14. The maximum atomic E-state index is 5.27. The monoisotopic (exact) mass is 254 g/mol. The zero-order chi connectivity index (χ0) is 12.9. The van der Waals surface area contributed by atoms with Crippen LogP contribution in [0.25, 0.3) is 22.3 Å². The van der Waals surface area contributed by atoms with E-state index in [1.165, 1.54) is 0 Å². The molecule has 5 nitrogen and oxygen atoms in total. The van der Waals surface area contributed by atoms with Crippen molar-refractivity contribution in [3.05, 3.63) is 36.3 Å². The van der Waals surface area contributed by atoms with Gasteiger partial charge in [0, 0.05) is 22.7 Å². The SMILES string of the molecule is CC1(c2nc(-c3c[nH]c4ccccc34)n[nH]2)COC1. The molecule has 4 rings (SSSR count). The third-order valence-electron chi connectivity index (χ3n) is 3.73. The molecule has 1 aliphatic rings. The molecule has 0 radical (unpaired) electrons. The number of fused-ring (bicyclic) bond motifs is 1. The number of aromatic nitrogens is 4. The second-order valence-corrected chi connectivity index (χ2v) is 5.31. The summed E-state index contributed by atoms with van der Waals surface area (Å²) < 4.78 is 5.27. The molecule has 5 heteroatoms. The Bertz CT molecular complexity index is 739. The molecule has 96 valence electrons. The van der Waals surface area contributed by atoms with E-state index in [0.29, 0.717) is 13.2 Å². The normalized spacial score (nSPS) is 17.5. The van der Waals surface area contributed by atoms with E-state index in [4.69, 9.17) is 4.74 Å². The van der Waals surface area contributed by atoms with Crippen molar-refractivity contribution in [3.63, 3.8) is 0 Å². The molecule has 0 saturated carbocycles. The zero-order valence-corrected chi connectivity index (χ0v) is 10.6. The van der Waals surface area contributed by atoms with Crippen molar-refractivity contribution in [2.45, 2.75) is 12.3 Å². The molecule has 3 aromatic rings. The van der Waals surface area contributed by atoms with Gasteiger partial charge >= 0.3 is 0 Å². The standard InChI is InChI=1S/C14H14N4O/c1-14(7-19-8-14)13-16-12(17-18-13)10-6-15-11-5-3-2-4-9(10)11/h2-6,15H,7-8H2,1H3,(H,16,17,18). The van der Waals surface area contributed by atoms with Crippen LogP contribution in [0, 0.1) is 0 Å². The molecule has 2 aromatic heterocycles. The lowest BCUT2D eigenvalue weighted by Crippen LogP contribution is -2.44. The number of hydrogen-bond acceptors (Lipinski definition) is 3. The van der Waals surface area contributed by atoms with Crippen LogP contribution in [0.5, 0.6) is 0 Å². The molecule has 1 aromatic carbocycles. The minimum absolute atomic E-state index is 0.0165. The number of H-pyrrole nitrogens is 2. The molecule has 2 N–H and O–H groups in total. The Labute approximate surface area is 110 Å². The van der Waals surface area contributed by atoms with Crippen LogP contribution in [0.3, 0.4) is 0 Å². The highest BCUT2D eigenvalue weighted by molar-refractivity contribution is 5.93. The van der Waals surface area contributed by atoms with Crippen LogP contribution in [0.15, 0.2) is 30.5 Å². The summed E-state index contributed by atoms with van der Waals surface area (Å²) in [5.41, 5.74) is 2.11. The Balaban J connectivity index is 1.80.